The Labute approximate surface area is 87.7 Å². The Morgan fingerprint density at radius 1 is 1.69 bits per heavy atom. The third kappa shape index (κ3) is 1.30. The molecule has 0 saturated heterocycles. The number of hydrogen-bond donors (Lipinski definition) is 2. The molecule has 0 aliphatic carbocycles. The molecule has 5 nitrogen and oxygen atoms in total. The molecule has 0 fully saturated rings. The summed E-state index contributed by atoms with van der Waals surface area (Å²) in [6.45, 7) is 0. The molecule has 0 saturated carbocycles. The Bertz CT molecular complexity index is 501. The molecule has 2 aromatic rings. The van der Waals surface area contributed by atoms with Gasteiger partial charge in [-0.1, -0.05) is 0 Å². The van der Waals surface area contributed by atoms with Crippen LogP contribution in [0.25, 0.3) is 11.0 Å². The summed E-state index contributed by atoms with van der Waals surface area (Å²) in [5.41, 5.74) is 0.563. The maximum atomic E-state index is 11.4. The van der Waals surface area contributed by atoms with Gasteiger partial charge in [0.2, 0.25) is 5.95 Å². The van der Waals surface area contributed by atoms with Crippen molar-refractivity contribution in [3.8, 4) is 0 Å². The highest BCUT2D eigenvalue weighted by Crippen LogP contribution is 2.09. The van der Waals surface area contributed by atoms with Gasteiger partial charge in [-0.15, -0.1) is 0 Å². The third-order valence-corrected chi connectivity index (χ3v) is 2.33. The van der Waals surface area contributed by atoms with Crippen molar-refractivity contribution in [3.05, 3.63) is 22.6 Å². The average Bonchev–Trinajstić information content (AvgIpc) is 2.48. The smallest absolute Gasteiger partial charge is 0.261 e. The van der Waals surface area contributed by atoms with E-state index >= 15 is 0 Å². The summed E-state index contributed by atoms with van der Waals surface area (Å²) < 4.78 is 4.57. The number of aryl methyl sites for hydroxylation is 1. The van der Waals surface area contributed by atoms with E-state index in [4.69, 9.17) is 0 Å². The summed E-state index contributed by atoms with van der Waals surface area (Å²) in [6, 6.07) is 1.75. The quantitative estimate of drug-likeness (QED) is 0.609. The van der Waals surface area contributed by atoms with Crippen molar-refractivity contribution in [3.63, 3.8) is 0 Å². The molecule has 6 heteroatoms. The fraction of sp³-hybridized carbons (Fsp3) is 0.143. The number of nitrogens with one attached hydrogen (secondary N) is 2. The van der Waals surface area contributed by atoms with Crippen molar-refractivity contribution in [1.29, 1.82) is 0 Å². The maximum Gasteiger partial charge on any atom is 0.261 e. The SMILES string of the molecule is Cn1ccc2c(=O)[nH]c(NI)nc21. The lowest BCUT2D eigenvalue weighted by Crippen LogP contribution is -2.09. The number of H-pyrrole nitrogens is 1. The minimum absolute atomic E-state index is 0.121. The maximum absolute atomic E-state index is 11.4. The molecule has 2 rings (SSSR count). The first kappa shape index (κ1) is 8.54. The fourth-order valence-corrected chi connectivity index (χ4v) is 1.45. The molecule has 2 N–H and O–H groups in total. The van der Waals surface area contributed by atoms with Gasteiger partial charge in [0, 0.05) is 13.2 Å². The van der Waals surface area contributed by atoms with Gasteiger partial charge in [0.25, 0.3) is 5.56 Å². The number of hydrogen-bond acceptors (Lipinski definition) is 3. The second kappa shape index (κ2) is 3.02. The summed E-state index contributed by atoms with van der Waals surface area (Å²) in [5, 5.41) is 0.609. The lowest BCUT2D eigenvalue weighted by Gasteiger charge is -1.98. The molecule has 0 atom stereocenters. The predicted octanol–water partition coefficient (Wildman–Crippen LogP) is 1.02. The van der Waals surface area contributed by atoms with Crippen molar-refractivity contribution in [2.75, 3.05) is 3.53 Å². The molecule has 0 radical (unpaired) electrons. The zero-order valence-electron chi connectivity index (χ0n) is 6.84. The monoisotopic (exact) mass is 290 g/mol. The second-order valence-corrected chi connectivity index (χ2v) is 3.21. The van der Waals surface area contributed by atoms with E-state index in [-0.39, 0.29) is 5.56 Å². The largest absolute Gasteiger partial charge is 0.335 e. The number of halogens is 1. The van der Waals surface area contributed by atoms with Crippen molar-refractivity contribution in [1.82, 2.24) is 14.5 Å². The number of anilines is 1. The lowest BCUT2D eigenvalue weighted by atomic mass is 10.4. The summed E-state index contributed by atoms with van der Waals surface area (Å²) in [7, 11) is 1.85. The second-order valence-electron chi connectivity index (χ2n) is 2.67. The van der Waals surface area contributed by atoms with Gasteiger partial charge in [0.15, 0.2) is 0 Å². The van der Waals surface area contributed by atoms with E-state index in [0.717, 1.165) is 0 Å². The molecular weight excluding hydrogens is 283 g/mol. The zero-order valence-corrected chi connectivity index (χ0v) is 8.99. The van der Waals surface area contributed by atoms with Gasteiger partial charge >= 0.3 is 0 Å². The number of aromatic amines is 1. The first-order valence-corrected chi connectivity index (χ1v) is 4.72. The standard InChI is InChI=1S/C7H7IN4O/c1-12-3-2-4-5(12)9-7(11-8)10-6(4)13/h2-3H,1H3,(H2,9,10,11,13). The van der Waals surface area contributed by atoms with Crippen LogP contribution >= 0.6 is 22.9 Å². The first-order chi connectivity index (χ1) is 6.22. The molecule has 0 aliphatic heterocycles. The molecule has 0 aromatic carbocycles. The first-order valence-electron chi connectivity index (χ1n) is 3.64. The van der Waals surface area contributed by atoms with Gasteiger partial charge in [-0.05, 0) is 6.07 Å². The number of fused-ring (bicyclic) bond motifs is 1. The van der Waals surface area contributed by atoms with E-state index in [1.165, 1.54) is 0 Å². The van der Waals surface area contributed by atoms with Gasteiger partial charge in [0.05, 0.1) is 28.3 Å². The van der Waals surface area contributed by atoms with Gasteiger partial charge < -0.3 is 4.57 Å². The van der Waals surface area contributed by atoms with Gasteiger partial charge in [-0.2, -0.15) is 4.98 Å². The van der Waals surface area contributed by atoms with Crippen molar-refractivity contribution >= 4 is 39.8 Å². The van der Waals surface area contributed by atoms with E-state index < -0.39 is 0 Å². The molecular formula is C7H7IN4O. The minimum Gasteiger partial charge on any atom is -0.335 e. The van der Waals surface area contributed by atoms with Crippen LogP contribution in [0.2, 0.25) is 0 Å². The Kier molecular flexibility index (Phi) is 1.98. The molecule has 0 aliphatic rings. The van der Waals surface area contributed by atoms with E-state index in [9.17, 15) is 4.79 Å². The van der Waals surface area contributed by atoms with Gasteiger partial charge in [-0.25, -0.2) is 0 Å². The number of nitrogens with zero attached hydrogens (tertiary/aromatic N) is 2. The summed E-state index contributed by atoms with van der Waals surface area (Å²) >= 11 is 1.92. The number of rotatable bonds is 1. The molecule has 0 unspecified atom stereocenters. The Morgan fingerprint density at radius 2 is 2.46 bits per heavy atom. The predicted molar refractivity (Wildman–Crippen MR) is 59.0 cm³/mol. The van der Waals surface area contributed by atoms with E-state index in [2.05, 4.69) is 13.5 Å². The topological polar surface area (TPSA) is 62.7 Å². The van der Waals surface area contributed by atoms with Crippen molar-refractivity contribution < 1.29 is 0 Å². The highest BCUT2D eigenvalue weighted by atomic mass is 127. The Hall–Kier alpha value is -1.05. The van der Waals surface area contributed by atoms with Crippen LogP contribution in [-0.2, 0) is 7.05 Å². The van der Waals surface area contributed by atoms with E-state index in [1.54, 1.807) is 6.07 Å². The highest BCUT2D eigenvalue weighted by molar-refractivity contribution is 14.1. The number of aromatic nitrogens is 3. The van der Waals surface area contributed by atoms with Crippen LogP contribution < -0.4 is 9.09 Å². The summed E-state index contributed by atoms with van der Waals surface area (Å²) in [5.74, 6) is 0.472. The van der Waals surface area contributed by atoms with Crippen LogP contribution in [0.15, 0.2) is 17.1 Å². The average molecular weight is 290 g/mol. The fourth-order valence-electron chi connectivity index (χ4n) is 1.19. The Balaban J connectivity index is 2.88. The van der Waals surface area contributed by atoms with Crippen LogP contribution in [0, 0.1) is 0 Å². The molecule has 2 aromatic heterocycles. The van der Waals surface area contributed by atoms with Gasteiger partial charge in [0.1, 0.15) is 5.65 Å². The summed E-state index contributed by atoms with van der Waals surface area (Å²) in [4.78, 5) is 18.2. The van der Waals surface area contributed by atoms with Crippen LogP contribution in [0.1, 0.15) is 0 Å². The molecule has 68 valence electrons. The van der Waals surface area contributed by atoms with Gasteiger partial charge in [-0.3, -0.25) is 13.3 Å². The molecule has 0 bridgehead atoms. The third-order valence-electron chi connectivity index (χ3n) is 1.82. The molecule has 13 heavy (non-hydrogen) atoms. The molecule has 2 heterocycles. The molecule has 0 spiro atoms. The van der Waals surface area contributed by atoms with Crippen LogP contribution in [-0.4, -0.2) is 14.5 Å². The van der Waals surface area contributed by atoms with Crippen molar-refractivity contribution in [2.45, 2.75) is 0 Å². The van der Waals surface area contributed by atoms with Crippen LogP contribution in [0.5, 0.6) is 0 Å². The molecule has 0 amide bonds. The van der Waals surface area contributed by atoms with E-state index in [1.807, 2.05) is 40.7 Å². The highest BCUT2D eigenvalue weighted by Gasteiger charge is 2.05. The lowest BCUT2D eigenvalue weighted by molar-refractivity contribution is 0.944. The van der Waals surface area contributed by atoms with Crippen LogP contribution in [0.4, 0.5) is 5.95 Å². The summed E-state index contributed by atoms with van der Waals surface area (Å²) in [6.07, 6.45) is 1.81. The van der Waals surface area contributed by atoms with Crippen LogP contribution in [0.3, 0.4) is 0 Å². The zero-order chi connectivity index (χ0) is 9.42. The van der Waals surface area contributed by atoms with E-state index in [0.29, 0.717) is 17.0 Å². The Morgan fingerprint density at radius 3 is 3.15 bits per heavy atom. The normalized spacial score (nSPS) is 10.6. The van der Waals surface area contributed by atoms with Crippen molar-refractivity contribution in [2.24, 2.45) is 7.05 Å². The minimum atomic E-state index is -0.121.